The van der Waals surface area contributed by atoms with Gasteiger partial charge in [0.25, 0.3) is 0 Å². The minimum Gasteiger partial charge on any atom is -0.361 e. The smallest absolute Gasteiger partial charge is 0.207 e. The molecule has 188 valence electrons. The maximum Gasteiger partial charge on any atom is 0.207 e. The van der Waals surface area contributed by atoms with Crippen LogP contribution in [0.2, 0.25) is 0 Å². The molecule has 36 heavy (non-hydrogen) atoms. The number of hydrogen-bond donors (Lipinski definition) is 2. The van der Waals surface area contributed by atoms with Gasteiger partial charge in [0, 0.05) is 40.4 Å². The van der Waals surface area contributed by atoms with Gasteiger partial charge in [-0.05, 0) is 73.0 Å². The maximum absolute atomic E-state index is 13.8. The van der Waals surface area contributed by atoms with Crippen molar-refractivity contribution >= 4 is 34.2 Å². The van der Waals surface area contributed by atoms with Crippen LogP contribution in [0.25, 0.3) is 27.6 Å². The van der Waals surface area contributed by atoms with Gasteiger partial charge >= 0.3 is 0 Å². The number of aryl methyl sites for hydroxylation is 1. The number of carbonyl (C=O) groups excluding carboxylic acids is 1. The van der Waals surface area contributed by atoms with E-state index in [4.69, 9.17) is 0 Å². The van der Waals surface area contributed by atoms with Gasteiger partial charge in [0.05, 0.1) is 11.1 Å². The van der Waals surface area contributed by atoms with Crippen molar-refractivity contribution in [3.8, 4) is 5.69 Å². The lowest BCUT2D eigenvalue weighted by atomic mass is 10.1. The molecule has 2 N–H and O–H groups in total. The van der Waals surface area contributed by atoms with Gasteiger partial charge in [-0.1, -0.05) is 12.1 Å². The van der Waals surface area contributed by atoms with Crippen molar-refractivity contribution < 1.29 is 12.0 Å². The second kappa shape index (κ2) is 10.6. The molecule has 0 bridgehead atoms. The summed E-state index contributed by atoms with van der Waals surface area (Å²) in [6, 6.07) is 13.2. The van der Waals surface area contributed by atoms with Gasteiger partial charge < -0.3 is 15.2 Å². The van der Waals surface area contributed by atoms with E-state index in [2.05, 4.69) is 36.3 Å². The average molecular weight is 490 g/mol. The lowest BCUT2D eigenvalue weighted by Gasteiger charge is -2.27. The summed E-state index contributed by atoms with van der Waals surface area (Å²) < 4.78 is 15.5. The third-order valence-corrected chi connectivity index (χ3v) is 6.38. The van der Waals surface area contributed by atoms with E-state index in [1.54, 1.807) is 24.0 Å². The van der Waals surface area contributed by atoms with Crippen molar-refractivity contribution in [3.05, 3.63) is 78.1 Å². The molecular formula is C27H32FN7O. The van der Waals surface area contributed by atoms with Crippen molar-refractivity contribution in [2.75, 3.05) is 18.0 Å². The lowest BCUT2D eigenvalue weighted by molar-refractivity contribution is -0.109. The predicted molar refractivity (Wildman–Crippen MR) is 143 cm³/mol. The highest BCUT2D eigenvalue weighted by Crippen LogP contribution is 2.26. The molecule has 2 aromatic carbocycles. The third-order valence-electron chi connectivity index (χ3n) is 6.38. The number of hydrogen-bond acceptors (Lipinski definition) is 5. The van der Waals surface area contributed by atoms with E-state index in [1.165, 1.54) is 30.7 Å². The summed E-state index contributed by atoms with van der Waals surface area (Å²) in [5.74, 6) is 0.693. The van der Waals surface area contributed by atoms with Crippen molar-refractivity contribution in [1.29, 1.82) is 0 Å². The first kappa shape index (κ1) is 23.5. The first-order valence-electron chi connectivity index (χ1n) is 12.1. The fourth-order valence-electron chi connectivity index (χ4n) is 4.41. The first-order valence-corrected chi connectivity index (χ1v) is 12.1. The van der Waals surface area contributed by atoms with Gasteiger partial charge in [0.1, 0.15) is 18.0 Å². The number of rotatable bonds is 5. The highest BCUT2D eigenvalue weighted by molar-refractivity contribution is 5.86. The molecule has 1 fully saturated rings. The molecule has 8 nitrogen and oxygen atoms in total. The molecule has 0 atom stereocenters. The van der Waals surface area contributed by atoms with Crippen molar-refractivity contribution in [2.24, 2.45) is 0 Å². The Bertz CT molecular complexity index is 1500. The molecule has 9 heteroatoms. The summed E-state index contributed by atoms with van der Waals surface area (Å²) >= 11 is 0. The number of amides is 1. The minimum absolute atomic E-state index is 0. The number of halogens is 1. The van der Waals surface area contributed by atoms with Gasteiger partial charge in [0.15, 0.2) is 5.65 Å². The number of aromatic nitrogens is 5. The summed E-state index contributed by atoms with van der Waals surface area (Å²) in [4.78, 5) is 24.2. The molecule has 6 rings (SSSR count). The van der Waals surface area contributed by atoms with Crippen LogP contribution in [0.5, 0.6) is 0 Å². The molecule has 1 amide bonds. The molecule has 1 aliphatic heterocycles. The largest absolute Gasteiger partial charge is 0.361 e. The molecule has 0 radical (unpaired) electrons. The number of anilines is 1. The number of piperidine rings is 1. The summed E-state index contributed by atoms with van der Waals surface area (Å²) in [5.41, 5.74) is 4.19. The highest BCUT2D eigenvalue weighted by atomic mass is 19.1. The van der Waals surface area contributed by atoms with Crippen LogP contribution in [0.3, 0.4) is 0 Å². The van der Waals surface area contributed by atoms with E-state index in [0.717, 1.165) is 35.4 Å². The Hall–Kier alpha value is -4.27. The van der Waals surface area contributed by atoms with Crippen LogP contribution in [0.15, 0.2) is 61.2 Å². The lowest BCUT2D eigenvalue weighted by Crippen LogP contribution is -2.30. The number of aromatic amines is 1. The SMILES string of the molecule is Cc1ccc(-n2cc3c(N4CCCCC4)ncnc3n2)cc1F.O=CNCc1ccc2[nH]ccc2c1.[HH].[HH]. The molecule has 0 aliphatic carbocycles. The highest BCUT2D eigenvalue weighted by Gasteiger charge is 2.17. The topological polar surface area (TPSA) is 91.7 Å². The Balaban J connectivity index is 0.000000229. The van der Waals surface area contributed by atoms with Crippen LogP contribution in [-0.2, 0) is 11.3 Å². The molecule has 0 unspecified atom stereocenters. The van der Waals surface area contributed by atoms with Crippen LogP contribution < -0.4 is 10.2 Å². The van der Waals surface area contributed by atoms with Gasteiger partial charge in [-0.3, -0.25) is 4.79 Å². The molecule has 5 aromatic rings. The Morgan fingerprint density at radius 3 is 2.78 bits per heavy atom. The number of H-pyrrole nitrogens is 1. The molecule has 1 saturated heterocycles. The van der Waals surface area contributed by atoms with Crippen LogP contribution in [0, 0.1) is 12.7 Å². The summed E-state index contributed by atoms with van der Waals surface area (Å²) in [7, 11) is 0. The number of carbonyl (C=O) groups is 1. The van der Waals surface area contributed by atoms with Crippen molar-refractivity contribution in [1.82, 2.24) is 30.0 Å². The van der Waals surface area contributed by atoms with Crippen molar-refractivity contribution in [2.45, 2.75) is 32.7 Å². The molecule has 3 aromatic heterocycles. The number of benzene rings is 2. The van der Waals surface area contributed by atoms with E-state index in [1.807, 2.05) is 36.7 Å². The van der Waals surface area contributed by atoms with Crippen LogP contribution >= 0.6 is 0 Å². The van der Waals surface area contributed by atoms with E-state index in [-0.39, 0.29) is 8.67 Å². The first-order chi connectivity index (χ1) is 17.6. The van der Waals surface area contributed by atoms with E-state index in [0.29, 0.717) is 29.9 Å². The molecule has 0 spiro atoms. The number of nitrogens with one attached hydrogen (secondary N) is 2. The third kappa shape index (κ3) is 5.05. The predicted octanol–water partition coefficient (Wildman–Crippen LogP) is 5.16. The molecular weight excluding hydrogens is 457 g/mol. The average Bonchev–Trinajstić information content (AvgIpc) is 3.56. The van der Waals surface area contributed by atoms with Gasteiger partial charge in [-0.2, -0.15) is 0 Å². The Kier molecular flexibility index (Phi) is 6.88. The Morgan fingerprint density at radius 2 is 1.97 bits per heavy atom. The van der Waals surface area contributed by atoms with Gasteiger partial charge in [0.2, 0.25) is 6.41 Å². The zero-order chi connectivity index (χ0) is 24.9. The minimum atomic E-state index is -0.232. The fraction of sp³-hybridized carbons (Fsp3) is 0.259. The van der Waals surface area contributed by atoms with E-state index < -0.39 is 0 Å². The summed E-state index contributed by atoms with van der Waals surface area (Å²) in [5, 5.41) is 9.20. The fourth-order valence-corrected chi connectivity index (χ4v) is 4.41. The normalized spacial score (nSPS) is 13.4. The molecule has 1 aliphatic rings. The Morgan fingerprint density at radius 1 is 1.11 bits per heavy atom. The van der Waals surface area contributed by atoms with Gasteiger partial charge in [-0.15, -0.1) is 5.10 Å². The molecule has 0 saturated carbocycles. The second-order valence-electron chi connectivity index (χ2n) is 8.89. The standard InChI is InChI=1S/C17H18FN5.C10H10N2O.2H2/c1-12-5-6-13(9-15(12)18)23-10-14-16(21-23)19-11-20-17(14)22-7-3-2-4-8-22;13-7-11-6-8-1-2-10-9(5-8)3-4-12-10;;/h5-6,9-11H,2-4,7-8H2,1H3;1-5,7,12H,6H2,(H,11,13);2*1H. The van der Waals surface area contributed by atoms with E-state index in [9.17, 15) is 9.18 Å². The zero-order valence-corrected chi connectivity index (χ0v) is 20.1. The van der Waals surface area contributed by atoms with Crippen LogP contribution in [0.4, 0.5) is 10.2 Å². The zero-order valence-electron chi connectivity index (χ0n) is 20.1. The maximum atomic E-state index is 13.8. The Labute approximate surface area is 211 Å². The quantitative estimate of drug-likeness (QED) is 0.333. The monoisotopic (exact) mass is 489 g/mol. The summed E-state index contributed by atoms with van der Waals surface area (Å²) in [6.07, 6.45) is 9.70. The van der Waals surface area contributed by atoms with Crippen molar-refractivity contribution in [3.63, 3.8) is 0 Å². The van der Waals surface area contributed by atoms with E-state index >= 15 is 0 Å². The second-order valence-corrected chi connectivity index (χ2v) is 8.89. The number of fused-ring (bicyclic) bond motifs is 2. The van der Waals surface area contributed by atoms with Gasteiger partial charge in [-0.25, -0.2) is 19.0 Å². The van der Waals surface area contributed by atoms with Crippen LogP contribution in [-0.4, -0.2) is 44.2 Å². The number of nitrogens with zero attached hydrogens (tertiary/aromatic N) is 5. The van der Waals surface area contributed by atoms with Crippen LogP contribution in [0.1, 0.15) is 33.2 Å². The molecule has 4 heterocycles. The summed E-state index contributed by atoms with van der Waals surface area (Å²) in [6.45, 7) is 4.36.